The van der Waals surface area contributed by atoms with Crippen LogP contribution in [-0.4, -0.2) is 50.5 Å². The fraction of sp³-hybridized carbons (Fsp3) is 0.833. The van der Waals surface area contributed by atoms with Gasteiger partial charge in [-0.3, -0.25) is 4.79 Å². The lowest BCUT2D eigenvalue weighted by Crippen LogP contribution is -2.27. The summed E-state index contributed by atoms with van der Waals surface area (Å²) in [6.07, 6.45) is 2.76. The Morgan fingerprint density at radius 3 is 3.00 bits per heavy atom. The summed E-state index contributed by atoms with van der Waals surface area (Å²) in [6.45, 7) is 5.78. The molecule has 1 aliphatic carbocycles. The van der Waals surface area contributed by atoms with Crippen LogP contribution in [0.3, 0.4) is 0 Å². The number of thioether (sulfide) groups is 1. The van der Waals surface area contributed by atoms with Crippen LogP contribution >= 0.6 is 11.8 Å². The van der Waals surface area contributed by atoms with E-state index in [9.17, 15) is 4.79 Å². The molecule has 0 aromatic carbocycles. The highest BCUT2D eigenvalue weighted by atomic mass is 32.2. The summed E-state index contributed by atoms with van der Waals surface area (Å²) in [5.41, 5.74) is 0. The number of hydrogen-bond acceptors (Lipinski definition) is 6. The molecule has 20 heavy (non-hydrogen) atoms. The summed E-state index contributed by atoms with van der Waals surface area (Å²) in [4.78, 5) is 11.6. The summed E-state index contributed by atoms with van der Waals surface area (Å²) in [5, 5.41) is 18.7. The molecule has 2 rings (SSSR count). The van der Waals surface area contributed by atoms with E-state index in [4.69, 9.17) is 0 Å². The van der Waals surface area contributed by atoms with Gasteiger partial charge in [-0.15, -0.1) is 5.10 Å². The Balaban J connectivity index is 1.66. The minimum atomic E-state index is 0.125. The van der Waals surface area contributed by atoms with E-state index < -0.39 is 0 Å². The van der Waals surface area contributed by atoms with Crippen LogP contribution in [0.2, 0.25) is 0 Å². The molecule has 112 valence electrons. The van der Waals surface area contributed by atoms with Crippen molar-refractivity contribution >= 4 is 17.7 Å². The van der Waals surface area contributed by atoms with Gasteiger partial charge in [0.05, 0.1) is 6.54 Å². The Labute approximate surface area is 123 Å². The second kappa shape index (κ2) is 7.58. The number of hydrogen-bond donors (Lipinski definition) is 2. The lowest BCUT2D eigenvalue weighted by Gasteiger charge is -2.08. The molecular weight excluding hydrogens is 276 g/mol. The molecule has 1 aromatic heterocycles. The molecule has 1 amide bonds. The molecule has 0 radical (unpaired) electrons. The van der Waals surface area contributed by atoms with E-state index >= 15 is 0 Å². The van der Waals surface area contributed by atoms with Gasteiger partial charge in [0.2, 0.25) is 11.1 Å². The second-order valence-electron chi connectivity index (χ2n) is 5.23. The third-order valence-corrected chi connectivity index (χ3v) is 3.84. The van der Waals surface area contributed by atoms with Crippen LogP contribution in [-0.2, 0) is 11.3 Å². The van der Waals surface area contributed by atoms with E-state index in [0.29, 0.717) is 24.3 Å². The number of amides is 1. The molecule has 0 spiro atoms. The molecule has 0 bridgehead atoms. The monoisotopic (exact) mass is 298 g/mol. The van der Waals surface area contributed by atoms with E-state index in [-0.39, 0.29) is 5.91 Å². The molecule has 1 heterocycles. The Morgan fingerprint density at radius 2 is 2.30 bits per heavy atom. The fourth-order valence-electron chi connectivity index (χ4n) is 1.66. The number of carbonyl (C=O) groups is 1. The second-order valence-corrected chi connectivity index (χ2v) is 6.30. The average molecular weight is 298 g/mol. The van der Waals surface area contributed by atoms with Crippen molar-refractivity contribution in [3.63, 3.8) is 0 Å². The molecule has 1 fully saturated rings. The fourth-order valence-corrected chi connectivity index (χ4v) is 2.50. The summed E-state index contributed by atoms with van der Waals surface area (Å²) in [5.74, 6) is 0.830. The van der Waals surface area contributed by atoms with Crippen molar-refractivity contribution in [3.05, 3.63) is 0 Å². The lowest BCUT2D eigenvalue weighted by atomic mass is 10.4. The van der Waals surface area contributed by atoms with Crippen LogP contribution < -0.4 is 10.6 Å². The van der Waals surface area contributed by atoms with Crippen LogP contribution in [0.25, 0.3) is 0 Å². The first-order valence-corrected chi connectivity index (χ1v) is 8.05. The molecular formula is C12H22N6OS. The predicted octanol–water partition coefficient (Wildman–Crippen LogP) is 0.432. The minimum absolute atomic E-state index is 0.125. The zero-order chi connectivity index (χ0) is 14.4. The summed E-state index contributed by atoms with van der Waals surface area (Å²) in [6, 6.07) is 0.883. The maximum atomic E-state index is 11.6. The van der Waals surface area contributed by atoms with Crippen molar-refractivity contribution in [2.45, 2.75) is 56.9 Å². The first-order valence-electron chi connectivity index (χ1n) is 7.07. The number of nitrogens with zero attached hydrogens (tertiary/aromatic N) is 4. The molecule has 7 nitrogen and oxygen atoms in total. The van der Waals surface area contributed by atoms with Crippen molar-refractivity contribution in [2.24, 2.45) is 0 Å². The Bertz CT molecular complexity index is 431. The van der Waals surface area contributed by atoms with Crippen molar-refractivity contribution in [1.29, 1.82) is 0 Å². The lowest BCUT2D eigenvalue weighted by molar-refractivity contribution is -0.120. The molecule has 0 unspecified atom stereocenters. The van der Waals surface area contributed by atoms with Gasteiger partial charge in [-0.1, -0.05) is 25.6 Å². The zero-order valence-electron chi connectivity index (χ0n) is 12.0. The van der Waals surface area contributed by atoms with Gasteiger partial charge < -0.3 is 10.6 Å². The van der Waals surface area contributed by atoms with Crippen LogP contribution in [0, 0.1) is 0 Å². The molecule has 1 saturated carbocycles. The van der Waals surface area contributed by atoms with Crippen LogP contribution in [0.4, 0.5) is 0 Å². The topological polar surface area (TPSA) is 84.7 Å². The number of aromatic nitrogens is 4. The van der Waals surface area contributed by atoms with E-state index in [2.05, 4.69) is 40.0 Å². The molecule has 2 N–H and O–H groups in total. The molecule has 0 aliphatic heterocycles. The number of rotatable bonds is 9. The van der Waals surface area contributed by atoms with Crippen molar-refractivity contribution in [1.82, 2.24) is 30.8 Å². The van der Waals surface area contributed by atoms with Gasteiger partial charge in [0.15, 0.2) is 0 Å². The third kappa shape index (κ3) is 5.46. The maximum Gasteiger partial charge on any atom is 0.221 e. The standard InChI is InChI=1S/C12H22N6OS/c1-9(2)13-6-7-18-12(15-16-17-18)20-8-5-11(19)14-10-3-4-10/h9-10,13H,3-8H2,1-2H3,(H,14,19). The largest absolute Gasteiger partial charge is 0.353 e. The average Bonchev–Trinajstić information content (AvgIpc) is 3.08. The minimum Gasteiger partial charge on any atom is -0.353 e. The summed E-state index contributed by atoms with van der Waals surface area (Å²) in [7, 11) is 0. The normalized spacial score (nSPS) is 14.8. The molecule has 8 heteroatoms. The zero-order valence-corrected chi connectivity index (χ0v) is 12.8. The summed E-state index contributed by atoms with van der Waals surface area (Å²) >= 11 is 1.53. The molecule has 0 atom stereocenters. The van der Waals surface area contributed by atoms with Crippen molar-refractivity contribution < 1.29 is 4.79 Å². The SMILES string of the molecule is CC(C)NCCn1nnnc1SCCC(=O)NC1CC1. The van der Waals surface area contributed by atoms with Crippen LogP contribution in [0.5, 0.6) is 0 Å². The van der Waals surface area contributed by atoms with Gasteiger partial charge in [0.1, 0.15) is 0 Å². The van der Waals surface area contributed by atoms with Gasteiger partial charge in [-0.2, -0.15) is 0 Å². The highest BCUT2D eigenvalue weighted by molar-refractivity contribution is 7.99. The Kier molecular flexibility index (Phi) is 5.78. The molecule has 1 aromatic rings. The van der Waals surface area contributed by atoms with E-state index in [0.717, 1.165) is 31.1 Å². The summed E-state index contributed by atoms with van der Waals surface area (Å²) < 4.78 is 1.78. The highest BCUT2D eigenvalue weighted by Crippen LogP contribution is 2.19. The van der Waals surface area contributed by atoms with Gasteiger partial charge in [-0.25, -0.2) is 4.68 Å². The third-order valence-electron chi connectivity index (χ3n) is 2.88. The number of nitrogens with one attached hydrogen (secondary N) is 2. The van der Waals surface area contributed by atoms with Crippen LogP contribution in [0.15, 0.2) is 5.16 Å². The van der Waals surface area contributed by atoms with E-state index in [1.807, 2.05) is 0 Å². The van der Waals surface area contributed by atoms with E-state index in [1.165, 1.54) is 11.8 Å². The van der Waals surface area contributed by atoms with Gasteiger partial charge in [0.25, 0.3) is 0 Å². The predicted molar refractivity (Wildman–Crippen MR) is 77.5 cm³/mol. The van der Waals surface area contributed by atoms with Gasteiger partial charge in [0, 0.05) is 30.8 Å². The quantitative estimate of drug-likeness (QED) is 0.643. The maximum absolute atomic E-state index is 11.6. The van der Waals surface area contributed by atoms with Crippen molar-refractivity contribution in [2.75, 3.05) is 12.3 Å². The van der Waals surface area contributed by atoms with Crippen LogP contribution in [0.1, 0.15) is 33.1 Å². The van der Waals surface area contributed by atoms with E-state index in [1.54, 1.807) is 4.68 Å². The molecule has 0 saturated heterocycles. The Morgan fingerprint density at radius 1 is 1.50 bits per heavy atom. The first kappa shape index (κ1) is 15.2. The highest BCUT2D eigenvalue weighted by Gasteiger charge is 2.22. The smallest absolute Gasteiger partial charge is 0.221 e. The van der Waals surface area contributed by atoms with Gasteiger partial charge in [-0.05, 0) is 23.3 Å². The van der Waals surface area contributed by atoms with Gasteiger partial charge >= 0.3 is 0 Å². The number of carbonyl (C=O) groups excluding carboxylic acids is 1. The first-order chi connectivity index (χ1) is 9.65. The van der Waals surface area contributed by atoms with Crippen molar-refractivity contribution in [3.8, 4) is 0 Å². The molecule has 1 aliphatic rings. The number of tetrazole rings is 1. The Hall–Kier alpha value is -1.15.